The van der Waals surface area contributed by atoms with Crippen LogP contribution in [0.25, 0.3) is 0 Å². The van der Waals surface area contributed by atoms with E-state index in [1.54, 1.807) is 17.0 Å². The third-order valence-corrected chi connectivity index (χ3v) is 4.86. The van der Waals surface area contributed by atoms with Gasteiger partial charge in [0.15, 0.2) is 0 Å². The van der Waals surface area contributed by atoms with Gasteiger partial charge in [0.2, 0.25) is 5.91 Å². The predicted molar refractivity (Wildman–Crippen MR) is 88.5 cm³/mol. The molecule has 3 rings (SSSR count). The smallest absolute Gasteiger partial charge is 0.264 e. The van der Waals surface area contributed by atoms with Gasteiger partial charge in [-0.2, -0.15) is 0 Å². The lowest BCUT2D eigenvalue weighted by atomic mass is 10.2. The van der Waals surface area contributed by atoms with Gasteiger partial charge in [-0.3, -0.25) is 9.59 Å². The Balaban J connectivity index is 1.72. The first-order valence-electron chi connectivity index (χ1n) is 7.07. The molecule has 1 aliphatic heterocycles. The number of amides is 2. The van der Waals surface area contributed by atoms with Crippen molar-refractivity contribution in [3.05, 3.63) is 51.7 Å². The Kier molecular flexibility index (Phi) is 4.45. The summed E-state index contributed by atoms with van der Waals surface area (Å²) in [7, 11) is 0. The topological polar surface area (TPSA) is 49.4 Å². The molecule has 6 heteroatoms. The van der Waals surface area contributed by atoms with Crippen LogP contribution in [0.5, 0.6) is 0 Å². The van der Waals surface area contributed by atoms with E-state index in [0.717, 1.165) is 12.1 Å². The van der Waals surface area contributed by atoms with Crippen LogP contribution in [-0.2, 0) is 4.79 Å². The summed E-state index contributed by atoms with van der Waals surface area (Å²) in [6.45, 7) is 0.598. The van der Waals surface area contributed by atoms with E-state index in [4.69, 9.17) is 11.6 Å². The fourth-order valence-corrected chi connectivity index (χ4v) is 3.60. The normalized spacial score (nSPS) is 17.5. The predicted octanol–water partition coefficient (Wildman–Crippen LogP) is 3.64. The Bertz CT molecular complexity index is 686. The summed E-state index contributed by atoms with van der Waals surface area (Å²) in [6, 6.07) is 12.3. The van der Waals surface area contributed by atoms with E-state index in [1.165, 1.54) is 11.3 Å². The maximum absolute atomic E-state index is 12.5. The van der Waals surface area contributed by atoms with Crippen molar-refractivity contribution in [2.24, 2.45) is 0 Å². The third-order valence-electron chi connectivity index (χ3n) is 3.64. The lowest BCUT2D eigenvalue weighted by Crippen LogP contribution is -2.42. The first-order valence-corrected chi connectivity index (χ1v) is 8.27. The van der Waals surface area contributed by atoms with Crippen LogP contribution < -0.4 is 5.32 Å². The second kappa shape index (κ2) is 6.50. The van der Waals surface area contributed by atoms with Crippen LogP contribution in [0, 0.1) is 0 Å². The Morgan fingerprint density at radius 3 is 2.64 bits per heavy atom. The number of nitrogens with zero attached hydrogens (tertiary/aromatic N) is 1. The molecular weight excluding hydrogens is 320 g/mol. The van der Waals surface area contributed by atoms with E-state index in [9.17, 15) is 9.59 Å². The van der Waals surface area contributed by atoms with Gasteiger partial charge in [-0.15, -0.1) is 11.3 Å². The zero-order valence-corrected chi connectivity index (χ0v) is 13.4. The minimum Gasteiger partial charge on any atom is -0.326 e. The molecule has 0 bridgehead atoms. The summed E-state index contributed by atoms with van der Waals surface area (Å²) in [4.78, 5) is 27.2. The molecule has 1 fully saturated rings. The van der Waals surface area contributed by atoms with E-state index >= 15 is 0 Å². The Morgan fingerprint density at radius 1 is 1.18 bits per heavy atom. The van der Waals surface area contributed by atoms with Crippen LogP contribution >= 0.6 is 22.9 Å². The number of benzene rings is 1. The lowest BCUT2D eigenvalue weighted by molar-refractivity contribution is -0.119. The van der Waals surface area contributed by atoms with Crippen LogP contribution in [-0.4, -0.2) is 29.3 Å². The summed E-state index contributed by atoms with van der Waals surface area (Å²) in [5.74, 6) is -0.262. The first-order chi connectivity index (χ1) is 10.6. The SMILES string of the molecule is O=C(Nc1ccccc1)C1CCCN1C(=O)c1ccc(Cl)s1. The summed E-state index contributed by atoms with van der Waals surface area (Å²) in [5, 5.41) is 2.87. The molecule has 0 aliphatic carbocycles. The molecule has 0 spiro atoms. The number of anilines is 1. The highest BCUT2D eigenvalue weighted by Gasteiger charge is 2.35. The van der Waals surface area contributed by atoms with Crippen molar-refractivity contribution < 1.29 is 9.59 Å². The molecule has 4 nitrogen and oxygen atoms in total. The first kappa shape index (κ1) is 15.1. The molecule has 22 heavy (non-hydrogen) atoms. The number of thiophene rings is 1. The molecule has 1 unspecified atom stereocenters. The second-order valence-corrected chi connectivity index (χ2v) is 6.83. The van der Waals surface area contributed by atoms with Crippen molar-refractivity contribution in [1.82, 2.24) is 4.90 Å². The standard InChI is InChI=1S/C16H15ClN2O2S/c17-14-9-8-13(22-14)16(21)19-10-4-7-12(19)15(20)18-11-5-2-1-3-6-11/h1-3,5-6,8-9,12H,4,7,10H2,(H,18,20). The zero-order chi connectivity index (χ0) is 15.5. The van der Waals surface area contributed by atoms with Crippen LogP contribution in [0.3, 0.4) is 0 Å². The molecule has 1 N–H and O–H groups in total. The van der Waals surface area contributed by atoms with Gasteiger partial charge >= 0.3 is 0 Å². The number of nitrogens with one attached hydrogen (secondary N) is 1. The van der Waals surface area contributed by atoms with Crippen LogP contribution in [0.15, 0.2) is 42.5 Å². The van der Waals surface area contributed by atoms with Crippen LogP contribution in [0.1, 0.15) is 22.5 Å². The van der Waals surface area contributed by atoms with Crippen molar-refractivity contribution in [3.8, 4) is 0 Å². The highest BCUT2D eigenvalue weighted by Crippen LogP contribution is 2.27. The lowest BCUT2D eigenvalue weighted by Gasteiger charge is -2.23. The number of carbonyl (C=O) groups excluding carboxylic acids is 2. The van der Waals surface area contributed by atoms with E-state index < -0.39 is 6.04 Å². The number of para-hydroxylation sites is 1. The largest absolute Gasteiger partial charge is 0.326 e. The van der Waals surface area contributed by atoms with E-state index in [1.807, 2.05) is 30.3 Å². The quantitative estimate of drug-likeness (QED) is 0.931. The number of halogens is 1. The molecule has 2 heterocycles. The minimum atomic E-state index is -0.423. The van der Waals surface area contributed by atoms with E-state index in [-0.39, 0.29) is 11.8 Å². The molecular formula is C16H15ClN2O2S. The second-order valence-electron chi connectivity index (χ2n) is 5.12. The molecule has 2 aromatic rings. The van der Waals surface area contributed by atoms with Gasteiger partial charge in [-0.1, -0.05) is 29.8 Å². The van der Waals surface area contributed by atoms with Gasteiger partial charge in [0.05, 0.1) is 9.21 Å². The molecule has 0 radical (unpaired) electrons. The van der Waals surface area contributed by atoms with Gasteiger partial charge in [0.25, 0.3) is 5.91 Å². The number of hydrogen-bond acceptors (Lipinski definition) is 3. The molecule has 1 aromatic carbocycles. The van der Waals surface area contributed by atoms with Crippen LogP contribution in [0.2, 0.25) is 4.34 Å². The molecule has 1 atom stereocenters. The summed E-state index contributed by atoms with van der Waals surface area (Å²) >= 11 is 7.13. The fraction of sp³-hybridized carbons (Fsp3) is 0.250. The number of carbonyl (C=O) groups is 2. The van der Waals surface area contributed by atoms with Gasteiger partial charge in [0.1, 0.15) is 6.04 Å². The minimum absolute atomic E-state index is 0.123. The maximum atomic E-state index is 12.5. The van der Waals surface area contributed by atoms with Crippen molar-refractivity contribution in [2.45, 2.75) is 18.9 Å². The molecule has 0 saturated carbocycles. The van der Waals surface area contributed by atoms with Gasteiger partial charge in [-0.25, -0.2) is 0 Å². The van der Waals surface area contributed by atoms with Gasteiger partial charge in [-0.05, 0) is 37.1 Å². The average molecular weight is 335 g/mol. The highest BCUT2D eigenvalue weighted by atomic mass is 35.5. The fourth-order valence-electron chi connectivity index (χ4n) is 2.60. The summed E-state index contributed by atoms with van der Waals surface area (Å²) < 4.78 is 0.577. The van der Waals surface area contributed by atoms with E-state index in [0.29, 0.717) is 22.2 Å². The number of likely N-dealkylation sites (tertiary alicyclic amines) is 1. The molecule has 1 aliphatic rings. The Hall–Kier alpha value is -1.85. The van der Waals surface area contributed by atoms with Crippen molar-refractivity contribution in [2.75, 3.05) is 11.9 Å². The highest BCUT2D eigenvalue weighted by molar-refractivity contribution is 7.17. The van der Waals surface area contributed by atoms with Gasteiger partial charge in [0, 0.05) is 12.2 Å². The molecule has 1 aromatic heterocycles. The Labute approximate surface area is 137 Å². The van der Waals surface area contributed by atoms with Crippen molar-refractivity contribution in [1.29, 1.82) is 0 Å². The van der Waals surface area contributed by atoms with Crippen LogP contribution in [0.4, 0.5) is 5.69 Å². The molecule has 1 saturated heterocycles. The average Bonchev–Trinajstić information content (AvgIpc) is 3.16. The molecule has 114 valence electrons. The maximum Gasteiger partial charge on any atom is 0.264 e. The summed E-state index contributed by atoms with van der Waals surface area (Å²) in [5.41, 5.74) is 0.742. The van der Waals surface area contributed by atoms with Crippen molar-refractivity contribution in [3.63, 3.8) is 0 Å². The zero-order valence-electron chi connectivity index (χ0n) is 11.8. The molecule has 2 amide bonds. The summed E-state index contributed by atoms with van der Waals surface area (Å²) in [6.07, 6.45) is 1.52. The van der Waals surface area contributed by atoms with Crippen molar-refractivity contribution >= 4 is 40.4 Å². The van der Waals surface area contributed by atoms with Gasteiger partial charge < -0.3 is 10.2 Å². The monoisotopic (exact) mass is 334 g/mol. The third kappa shape index (κ3) is 3.15. The Morgan fingerprint density at radius 2 is 1.95 bits per heavy atom. The number of hydrogen-bond donors (Lipinski definition) is 1. The number of rotatable bonds is 3. The van der Waals surface area contributed by atoms with E-state index in [2.05, 4.69) is 5.32 Å².